The molecule has 3 aromatic rings. The van der Waals surface area contributed by atoms with Crippen LogP contribution in [-0.4, -0.2) is 12.1 Å². The molecule has 5 nitrogen and oxygen atoms in total. The highest BCUT2D eigenvalue weighted by atomic mass is 79.9. The van der Waals surface area contributed by atoms with Crippen LogP contribution in [0.4, 0.5) is 0 Å². The summed E-state index contributed by atoms with van der Waals surface area (Å²) < 4.78 is 12.5. The lowest BCUT2D eigenvalue weighted by Gasteiger charge is -2.16. The van der Waals surface area contributed by atoms with E-state index in [0.717, 1.165) is 10.0 Å². The SMILES string of the molecule is COc1cccc(-c2cc(C)[nH]c(=O)c2C#N)c1OCc1cccc(Br)c1. The van der Waals surface area contributed by atoms with Crippen molar-refractivity contribution in [3.8, 4) is 28.7 Å². The number of nitrogens with one attached hydrogen (secondary N) is 1. The molecule has 0 atom stereocenters. The van der Waals surface area contributed by atoms with Crippen molar-refractivity contribution in [2.75, 3.05) is 7.11 Å². The number of hydrogen-bond donors (Lipinski definition) is 1. The van der Waals surface area contributed by atoms with E-state index in [1.807, 2.05) is 36.4 Å². The predicted molar refractivity (Wildman–Crippen MR) is 107 cm³/mol. The van der Waals surface area contributed by atoms with Gasteiger partial charge in [0.2, 0.25) is 0 Å². The van der Waals surface area contributed by atoms with Crippen molar-refractivity contribution in [2.24, 2.45) is 0 Å². The van der Waals surface area contributed by atoms with Gasteiger partial charge < -0.3 is 14.5 Å². The standard InChI is InChI=1S/C21H17BrN2O3/c1-13-9-17(18(11-23)21(25)24-13)16-7-4-8-19(26-2)20(16)27-12-14-5-3-6-15(22)10-14/h3-10H,12H2,1-2H3,(H,24,25). The second kappa shape index (κ2) is 8.11. The summed E-state index contributed by atoms with van der Waals surface area (Å²) in [4.78, 5) is 14.8. The molecule has 6 heteroatoms. The average Bonchev–Trinajstić information content (AvgIpc) is 2.65. The van der Waals surface area contributed by atoms with Gasteiger partial charge in [-0.25, -0.2) is 0 Å². The van der Waals surface area contributed by atoms with E-state index < -0.39 is 5.56 Å². The first-order chi connectivity index (χ1) is 13.0. The molecule has 2 aromatic carbocycles. The molecule has 0 fully saturated rings. The number of aryl methyl sites for hydroxylation is 1. The van der Waals surface area contributed by atoms with Crippen molar-refractivity contribution in [3.05, 3.63) is 80.2 Å². The Hall–Kier alpha value is -3.04. The normalized spacial score (nSPS) is 10.3. The Morgan fingerprint density at radius 1 is 1.15 bits per heavy atom. The molecule has 0 aliphatic carbocycles. The molecule has 1 N–H and O–H groups in total. The van der Waals surface area contributed by atoms with E-state index in [9.17, 15) is 10.1 Å². The molecular weight excluding hydrogens is 408 g/mol. The second-order valence-corrected chi connectivity index (χ2v) is 6.85. The molecule has 0 aliphatic heterocycles. The average molecular weight is 425 g/mol. The van der Waals surface area contributed by atoms with E-state index in [-0.39, 0.29) is 5.56 Å². The van der Waals surface area contributed by atoms with Gasteiger partial charge in [0.25, 0.3) is 5.56 Å². The Morgan fingerprint density at radius 3 is 2.63 bits per heavy atom. The molecule has 0 unspecified atom stereocenters. The van der Waals surface area contributed by atoms with Gasteiger partial charge in [0.1, 0.15) is 18.2 Å². The number of methoxy groups -OCH3 is 1. The van der Waals surface area contributed by atoms with Crippen molar-refractivity contribution >= 4 is 15.9 Å². The van der Waals surface area contributed by atoms with E-state index in [4.69, 9.17) is 9.47 Å². The van der Waals surface area contributed by atoms with Gasteiger partial charge in [-0.1, -0.05) is 40.2 Å². The number of para-hydroxylation sites is 1. The van der Waals surface area contributed by atoms with Crippen LogP contribution in [0.5, 0.6) is 11.5 Å². The van der Waals surface area contributed by atoms with Crippen molar-refractivity contribution in [1.82, 2.24) is 4.98 Å². The number of halogens is 1. The van der Waals surface area contributed by atoms with E-state index in [2.05, 4.69) is 20.9 Å². The van der Waals surface area contributed by atoms with Gasteiger partial charge in [0, 0.05) is 21.3 Å². The van der Waals surface area contributed by atoms with E-state index in [0.29, 0.717) is 34.9 Å². The number of aromatic nitrogens is 1. The molecule has 3 rings (SSSR count). The third-order valence-corrected chi connectivity index (χ3v) is 4.53. The summed E-state index contributed by atoms with van der Waals surface area (Å²) in [7, 11) is 1.55. The number of nitrogens with zero attached hydrogens (tertiary/aromatic N) is 1. The smallest absolute Gasteiger partial charge is 0.266 e. The zero-order chi connectivity index (χ0) is 19.4. The fourth-order valence-electron chi connectivity index (χ4n) is 2.83. The van der Waals surface area contributed by atoms with Gasteiger partial charge in [-0.2, -0.15) is 5.26 Å². The molecule has 0 amide bonds. The number of H-pyrrole nitrogens is 1. The van der Waals surface area contributed by atoms with E-state index >= 15 is 0 Å². The number of pyridine rings is 1. The number of rotatable bonds is 5. The summed E-state index contributed by atoms with van der Waals surface area (Å²) in [5, 5.41) is 9.46. The molecule has 0 radical (unpaired) electrons. The first-order valence-electron chi connectivity index (χ1n) is 8.22. The molecule has 0 saturated heterocycles. The summed E-state index contributed by atoms with van der Waals surface area (Å²) in [6, 6.07) is 16.9. The van der Waals surface area contributed by atoms with Gasteiger partial charge in [0.15, 0.2) is 11.5 Å². The minimum absolute atomic E-state index is 0.0427. The summed E-state index contributed by atoms with van der Waals surface area (Å²) in [6.07, 6.45) is 0. The number of hydrogen-bond acceptors (Lipinski definition) is 4. The van der Waals surface area contributed by atoms with Crippen LogP contribution in [0.25, 0.3) is 11.1 Å². The zero-order valence-corrected chi connectivity index (χ0v) is 16.5. The Labute approximate surface area is 165 Å². The maximum atomic E-state index is 12.2. The Kier molecular flexibility index (Phi) is 5.63. The fourth-order valence-corrected chi connectivity index (χ4v) is 3.28. The fraction of sp³-hybridized carbons (Fsp3) is 0.143. The van der Waals surface area contributed by atoms with Crippen LogP contribution < -0.4 is 15.0 Å². The minimum Gasteiger partial charge on any atom is -0.493 e. The van der Waals surface area contributed by atoms with Gasteiger partial charge in [0.05, 0.1) is 7.11 Å². The number of aromatic amines is 1. The van der Waals surface area contributed by atoms with Crippen LogP contribution in [0.1, 0.15) is 16.8 Å². The van der Waals surface area contributed by atoms with Crippen molar-refractivity contribution in [3.63, 3.8) is 0 Å². The first kappa shape index (κ1) is 18.7. The Morgan fingerprint density at radius 2 is 1.93 bits per heavy atom. The van der Waals surface area contributed by atoms with Crippen molar-refractivity contribution in [2.45, 2.75) is 13.5 Å². The maximum absolute atomic E-state index is 12.2. The van der Waals surface area contributed by atoms with Gasteiger partial charge >= 0.3 is 0 Å². The maximum Gasteiger partial charge on any atom is 0.266 e. The van der Waals surface area contributed by atoms with Crippen LogP contribution in [-0.2, 0) is 6.61 Å². The lowest BCUT2D eigenvalue weighted by atomic mass is 9.99. The van der Waals surface area contributed by atoms with Gasteiger partial charge in [-0.3, -0.25) is 4.79 Å². The molecule has 1 aromatic heterocycles. The number of benzene rings is 2. The second-order valence-electron chi connectivity index (χ2n) is 5.94. The molecule has 0 spiro atoms. The lowest BCUT2D eigenvalue weighted by Crippen LogP contribution is -2.13. The molecule has 0 bridgehead atoms. The third-order valence-electron chi connectivity index (χ3n) is 4.04. The predicted octanol–water partition coefficient (Wildman–Crippen LogP) is 4.57. The van der Waals surface area contributed by atoms with Gasteiger partial charge in [-0.05, 0) is 36.8 Å². The molecule has 0 saturated carbocycles. The minimum atomic E-state index is -0.423. The summed E-state index contributed by atoms with van der Waals surface area (Å²) in [5.74, 6) is 1.02. The van der Waals surface area contributed by atoms with E-state index in [1.54, 1.807) is 32.2 Å². The highest BCUT2D eigenvalue weighted by Crippen LogP contribution is 2.39. The molecule has 136 valence electrons. The van der Waals surface area contributed by atoms with Crippen LogP contribution in [0, 0.1) is 18.3 Å². The van der Waals surface area contributed by atoms with Crippen molar-refractivity contribution in [1.29, 1.82) is 5.26 Å². The highest BCUT2D eigenvalue weighted by molar-refractivity contribution is 9.10. The molecule has 0 aliphatic rings. The largest absolute Gasteiger partial charge is 0.493 e. The summed E-state index contributed by atoms with van der Waals surface area (Å²) in [6.45, 7) is 2.09. The quantitative estimate of drug-likeness (QED) is 0.650. The number of ether oxygens (including phenoxy) is 2. The molecular formula is C21H17BrN2O3. The van der Waals surface area contributed by atoms with Crippen molar-refractivity contribution < 1.29 is 9.47 Å². The van der Waals surface area contributed by atoms with Crippen LogP contribution in [0.15, 0.2) is 57.8 Å². The topological polar surface area (TPSA) is 75.1 Å². The monoisotopic (exact) mass is 424 g/mol. The summed E-state index contributed by atoms with van der Waals surface area (Å²) in [5.41, 5.74) is 2.41. The first-order valence-corrected chi connectivity index (χ1v) is 9.01. The summed E-state index contributed by atoms with van der Waals surface area (Å²) >= 11 is 3.45. The lowest BCUT2D eigenvalue weighted by molar-refractivity contribution is 0.286. The van der Waals surface area contributed by atoms with E-state index in [1.165, 1.54) is 0 Å². The Balaban J connectivity index is 2.10. The van der Waals surface area contributed by atoms with Crippen LogP contribution in [0.2, 0.25) is 0 Å². The van der Waals surface area contributed by atoms with Crippen LogP contribution in [0.3, 0.4) is 0 Å². The van der Waals surface area contributed by atoms with Gasteiger partial charge in [-0.15, -0.1) is 0 Å². The molecule has 27 heavy (non-hydrogen) atoms. The zero-order valence-electron chi connectivity index (χ0n) is 14.9. The van der Waals surface area contributed by atoms with Crippen LogP contribution >= 0.6 is 15.9 Å². The number of nitriles is 1. The Bertz CT molecular complexity index is 1080. The molecule has 1 heterocycles. The highest BCUT2D eigenvalue weighted by Gasteiger charge is 2.18. The third kappa shape index (κ3) is 4.04.